The largest absolute Gasteiger partial charge is 0.461 e. The quantitative estimate of drug-likeness (QED) is 0.369. The standard InChI is InChI=1S/C36H56N2O6/c1-21-30-28(43-36(21)14-7-8-16-37-36)19-26-24-12-11-22-18-23(13-15-34(22,5)25(24)20-29(39)35(26,30)6)42-31(40)27-10-9-17-38(27)32(41)44-33(2,3)4/h21-28,30,37H,7-20H2,1-6H3/t21-,22-,23-,24?,25?,26?,27-,28?,30?,34-,35+,36+/m0/s1. The number of hydrogen-bond acceptors (Lipinski definition) is 7. The van der Waals surface area contributed by atoms with E-state index >= 15 is 0 Å². The molecule has 0 aromatic rings. The Kier molecular flexibility index (Phi) is 7.52. The number of nitrogens with one attached hydrogen (secondary N) is 1. The Balaban J connectivity index is 1.02. The first-order valence-electron chi connectivity index (χ1n) is 17.9. The van der Waals surface area contributed by atoms with E-state index in [2.05, 4.69) is 26.1 Å². The number of esters is 1. The van der Waals surface area contributed by atoms with Crippen LogP contribution >= 0.6 is 0 Å². The van der Waals surface area contributed by atoms with Crippen molar-refractivity contribution in [2.45, 2.75) is 148 Å². The van der Waals surface area contributed by atoms with Crippen molar-refractivity contribution in [1.82, 2.24) is 10.2 Å². The summed E-state index contributed by atoms with van der Waals surface area (Å²) in [7, 11) is 0. The summed E-state index contributed by atoms with van der Waals surface area (Å²) in [6.45, 7) is 14.2. The molecule has 12 atom stereocenters. The molecule has 7 rings (SSSR count). The van der Waals surface area contributed by atoms with Gasteiger partial charge in [0, 0.05) is 30.2 Å². The summed E-state index contributed by atoms with van der Waals surface area (Å²) in [6.07, 6.45) is 11.2. The second-order valence-corrected chi connectivity index (χ2v) is 17.2. The van der Waals surface area contributed by atoms with Gasteiger partial charge in [-0.05, 0) is 127 Å². The van der Waals surface area contributed by atoms with E-state index in [0.717, 1.165) is 57.9 Å². The molecular weight excluding hydrogens is 556 g/mol. The van der Waals surface area contributed by atoms with E-state index in [1.54, 1.807) is 4.90 Å². The maximum Gasteiger partial charge on any atom is 0.411 e. The number of hydrogen-bond donors (Lipinski definition) is 1. The van der Waals surface area contributed by atoms with Crippen molar-refractivity contribution < 1.29 is 28.6 Å². The second-order valence-electron chi connectivity index (χ2n) is 17.2. The van der Waals surface area contributed by atoms with E-state index < -0.39 is 17.7 Å². The number of rotatable bonds is 2. The summed E-state index contributed by atoms with van der Waals surface area (Å²) in [5, 5.41) is 3.76. The maximum atomic E-state index is 14.4. The van der Waals surface area contributed by atoms with Gasteiger partial charge in [-0.3, -0.25) is 15.0 Å². The van der Waals surface area contributed by atoms with Crippen molar-refractivity contribution in [2.75, 3.05) is 13.1 Å². The van der Waals surface area contributed by atoms with Gasteiger partial charge in [0.2, 0.25) is 0 Å². The SMILES string of the molecule is C[C@H]1C2C(CC3C4CC[C@H]5C[C@@H](OC(=O)[C@@H]6CCCN6C(=O)OC(C)(C)C)CC[C@]5(C)C4CC(=O)[C@@]32C)O[C@]12CCCCN2. The van der Waals surface area contributed by atoms with E-state index in [1.165, 1.54) is 12.8 Å². The topological polar surface area (TPSA) is 94.2 Å². The number of fused-ring (bicyclic) bond motifs is 7. The number of amides is 1. The molecule has 7 fully saturated rings. The number of ether oxygens (including phenoxy) is 3. The van der Waals surface area contributed by atoms with Crippen molar-refractivity contribution >= 4 is 17.8 Å². The van der Waals surface area contributed by atoms with Crippen molar-refractivity contribution in [1.29, 1.82) is 0 Å². The van der Waals surface area contributed by atoms with Gasteiger partial charge >= 0.3 is 12.1 Å². The highest BCUT2D eigenvalue weighted by molar-refractivity contribution is 5.87. The van der Waals surface area contributed by atoms with Crippen LogP contribution in [0.1, 0.15) is 119 Å². The minimum absolute atomic E-state index is 0.0923. The van der Waals surface area contributed by atoms with E-state index in [0.29, 0.717) is 60.7 Å². The summed E-state index contributed by atoms with van der Waals surface area (Å²) in [6, 6.07) is -0.558. The Morgan fingerprint density at radius 2 is 1.80 bits per heavy atom. The molecule has 8 heteroatoms. The first-order valence-corrected chi connectivity index (χ1v) is 17.9. The fraction of sp³-hybridized carbons (Fsp3) is 0.917. The molecule has 3 saturated heterocycles. The predicted octanol–water partition coefficient (Wildman–Crippen LogP) is 6.25. The van der Waals surface area contributed by atoms with Crippen LogP contribution in [0.3, 0.4) is 0 Å². The van der Waals surface area contributed by atoms with E-state index in [4.69, 9.17) is 14.2 Å². The number of likely N-dealkylation sites (tertiary alicyclic amines) is 1. The number of ketones is 1. The van der Waals surface area contributed by atoms with Crippen molar-refractivity contribution in [3.63, 3.8) is 0 Å². The average molecular weight is 613 g/mol. The van der Waals surface area contributed by atoms with Crippen molar-refractivity contribution in [2.24, 2.45) is 46.3 Å². The van der Waals surface area contributed by atoms with Gasteiger partial charge < -0.3 is 14.2 Å². The van der Waals surface area contributed by atoms with Crippen molar-refractivity contribution in [3.8, 4) is 0 Å². The van der Waals surface area contributed by atoms with Crippen LogP contribution in [-0.4, -0.2) is 65.4 Å². The molecule has 3 heterocycles. The Labute approximate surface area is 264 Å². The number of carbonyl (C=O) groups excluding carboxylic acids is 3. The zero-order valence-corrected chi connectivity index (χ0v) is 28.0. The molecule has 5 unspecified atom stereocenters. The number of piperidine rings is 1. The molecule has 8 nitrogen and oxygen atoms in total. The summed E-state index contributed by atoms with van der Waals surface area (Å²) < 4.78 is 18.7. The van der Waals surface area contributed by atoms with Gasteiger partial charge in [0.05, 0.1) is 6.10 Å². The second kappa shape index (κ2) is 10.7. The van der Waals surface area contributed by atoms with E-state index in [9.17, 15) is 14.4 Å². The normalized spacial score (nSPS) is 48.4. The Hall–Kier alpha value is -1.67. The molecule has 1 spiro atoms. The first-order chi connectivity index (χ1) is 20.8. The van der Waals surface area contributed by atoms with Crippen LogP contribution in [0.2, 0.25) is 0 Å². The molecule has 1 amide bonds. The van der Waals surface area contributed by atoms with Gasteiger partial charge in [-0.25, -0.2) is 9.59 Å². The van der Waals surface area contributed by atoms with Crippen LogP contribution in [0.25, 0.3) is 0 Å². The van der Waals surface area contributed by atoms with Crippen LogP contribution in [0.15, 0.2) is 0 Å². The molecule has 4 saturated carbocycles. The van der Waals surface area contributed by atoms with E-state index in [1.807, 2.05) is 20.8 Å². The highest BCUT2D eigenvalue weighted by Crippen LogP contribution is 2.70. The number of Topliss-reactive ketones (excluding diaryl/α,β-unsaturated/α-hetero) is 1. The minimum atomic E-state index is -0.601. The molecular formula is C36H56N2O6. The van der Waals surface area contributed by atoms with E-state index in [-0.39, 0.29) is 34.7 Å². The minimum Gasteiger partial charge on any atom is -0.461 e. The third kappa shape index (κ3) is 4.69. The van der Waals surface area contributed by atoms with Gasteiger partial charge in [0.25, 0.3) is 0 Å². The highest BCUT2D eigenvalue weighted by atomic mass is 16.6. The van der Waals surface area contributed by atoms with Gasteiger partial charge in [-0.15, -0.1) is 0 Å². The van der Waals surface area contributed by atoms with Crippen molar-refractivity contribution in [3.05, 3.63) is 0 Å². The molecule has 3 aliphatic heterocycles. The summed E-state index contributed by atoms with van der Waals surface area (Å²) >= 11 is 0. The highest BCUT2D eigenvalue weighted by Gasteiger charge is 2.71. The van der Waals surface area contributed by atoms with Crippen LogP contribution < -0.4 is 5.32 Å². The monoisotopic (exact) mass is 612 g/mol. The summed E-state index contributed by atoms with van der Waals surface area (Å²) in [5.41, 5.74) is -1.03. The smallest absolute Gasteiger partial charge is 0.411 e. The lowest BCUT2D eigenvalue weighted by Gasteiger charge is -2.60. The van der Waals surface area contributed by atoms with Gasteiger partial charge in [0.15, 0.2) is 0 Å². The average Bonchev–Trinajstić information content (AvgIpc) is 3.63. The van der Waals surface area contributed by atoms with Gasteiger partial charge in [0.1, 0.15) is 29.3 Å². The molecule has 0 aromatic carbocycles. The summed E-state index contributed by atoms with van der Waals surface area (Å²) in [5.74, 6) is 2.68. The molecule has 44 heavy (non-hydrogen) atoms. The molecule has 0 aromatic heterocycles. The fourth-order valence-corrected chi connectivity index (χ4v) is 11.9. The predicted molar refractivity (Wildman–Crippen MR) is 165 cm³/mol. The van der Waals surface area contributed by atoms with Crippen LogP contribution in [0, 0.1) is 46.3 Å². The maximum absolute atomic E-state index is 14.4. The third-order valence-corrected chi connectivity index (χ3v) is 14.0. The Morgan fingerprint density at radius 3 is 2.52 bits per heavy atom. The van der Waals surface area contributed by atoms with Gasteiger partial charge in [-0.2, -0.15) is 0 Å². The molecule has 7 aliphatic rings. The molecule has 0 radical (unpaired) electrons. The fourth-order valence-electron chi connectivity index (χ4n) is 11.9. The zero-order chi connectivity index (χ0) is 31.2. The van der Waals surface area contributed by atoms with Crippen LogP contribution in [0.4, 0.5) is 4.79 Å². The lowest BCUT2D eigenvalue weighted by Crippen LogP contribution is -2.59. The molecule has 4 aliphatic carbocycles. The lowest BCUT2D eigenvalue weighted by atomic mass is 9.44. The van der Waals surface area contributed by atoms with Crippen LogP contribution in [0.5, 0.6) is 0 Å². The summed E-state index contributed by atoms with van der Waals surface area (Å²) in [4.78, 5) is 42.1. The molecule has 246 valence electrons. The zero-order valence-electron chi connectivity index (χ0n) is 28.0. The number of nitrogens with zero attached hydrogens (tertiary/aromatic N) is 1. The Morgan fingerprint density at radius 1 is 1.00 bits per heavy atom. The molecule has 0 bridgehead atoms. The lowest BCUT2D eigenvalue weighted by molar-refractivity contribution is -0.171. The Bertz CT molecular complexity index is 1180. The molecule has 1 N–H and O–H groups in total. The van der Waals surface area contributed by atoms with Gasteiger partial charge in [-0.1, -0.05) is 20.8 Å². The third-order valence-electron chi connectivity index (χ3n) is 14.0. The first kappa shape index (κ1) is 31.0. The number of carbonyl (C=O) groups is 3. The van der Waals surface area contributed by atoms with Crippen LogP contribution in [-0.2, 0) is 23.8 Å².